The Morgan fingerprint density at radius 2 is 2.04 bits per heavy atom. The Morgan fingerprint density at radius 1 is 1.15 bits per heavy atom. The second-order valence-electron chi connectivity index (χ2n) is 5.73. The monoisotopic (exact) mass is 416 g/mol. The number of ether oxygens (including phenoxy) is 1. The van der Waals surface area contributed by atoms with Crippen molar-refractivity contribution in [3.63, 3.8) is 0 Å². The summed E-state index contributed by atoms with van der Waals surface area (Å²) < 4.78 is 5.86. The van der Waals surface area contributed by atoms with Crippen LogP contribution in [0.4, 0.5) is 5.82 Å². The van der Waals surface area contributed by atoms with Crippen molar-refractivity contribution in [3.05, 3.63) is 63.7 Å². The zero-order chi connectivity index (χ0) is 18.8. The van der Waals surface area contributed by atoms with Crippen LogP contribution >= 0.6 is 34.5 Å². The molecule has 0 atom stereocenters. The third kappa shape index (κ3) is 3.83. The molecule has 3 heterocycles. The van der Waals surface area contributed by atoms with Gasteiger partial charge < -0.3 is 10.1 Å². The van der Waals surface area contributed by atoms with E-state index in [1.165, 1.54) is 11.3 Å². The summed E-state index contributed by atoms with van der Waals surface area (Å²) in [6, 6.07) is 11.3. The smallest absolute Gasteiger partial charge is 0.164 e. The van der Waals surface area contributed by atoms with Crippen LogP contribution < -0.4 is 10.1 Å². The number of fused-ring (bicyclic) bond motifs is 1. The van der Waals surface area contributed by atoms with E-state index in [1.807, 2.05) is 36.4 Å². The third-order valence-electron chi connectivity index (χ3n) is 3.96. The number of thiophene rings is 1. The van der Waals surface area contributed by atoms with Crippen LogP contribution in [0.25, 0.3) is 21.6 Å². The number of aromatic nitrogens is 3. The molecule has 0 fully saturated rings. The van der Waals surface area contributed by atoms with Gasteiger partial charge in [-0.3, -0.25) is 4.98 Å². The summed E-state index contributed by atoms with van der Waals surface area (Å²) in [5.74, 6) is 1.96. The van der Waals surface area contributed by atoms with Crippen LogP contribution in [0.15, 0.2) is 48.8 Å². The number of halogens is 2. The van der Waals surface area contributed by atoms with Crippen molar-refractivity contribution in [2.24, 2.45) is 0 Å². The maximum atomic E-state index is 6.21. The van der Waals surface area contributed by atoms with E-state index in [0.29, 0.717) is 33.3 Å². The van der Waals surface area contributed by atoms with E-state index in [0.717, 1.165) is 21.3 Å². The van der Waals surface area contributed by atoms with Crippen molar-refractivity contribution in [2.75, 3.05) is 12.4 Å². The van der Waals surface area contributed by atoms with Gasteiger partial charge in [0.15, 0.2) is 5.82 Å². The minimum Gasteiger partial charge on any atom is -0.495 e. The minimum atomic E-state index is 0.551. The normalized spacial score (nSPS) is 10.9. The van der Waals surface area contributed by atoms with Crippen LogP contribution in [-0.4, -0.2) is 22.1 Å². The highest BCUT2D eigenvalue weighted by atomic mass is 35.5. The van der Waals surface area contributed by atoms with Gasteiger partial charge in [0.25, 0.3) is 0 Å². The molecule has 4 rings (SSSR count). The molecule has 3 aromatic heterocycles. The first kappa shape index (κ1) is 18.0. The van der Waals surface area contributed by atoms with Gasteiger partial charge in [-0.1, -0.05) is 29.3 Å². The molecule has 0 amide bonds. The topological polar surface area (TPSA) is 59.9 Å². The van der Waals surface area contributed by atoms with Crippen LogP contribution in [0.1, 0.15) is 5.56 Å². The number of pyridine rings is 1. The van der Waals surface area contributed by atoms with Gasteiger partial charge in [0.05, 0.1) is 21.9 Å². The summed E-state index contributed by atoms with van der Waals surface area (Å²) in [5, 5.41) is 4.82. The molecule has 8 heteroatoms. The van der Waals surface area contributed by atoms with Crippen molar-refractivity contribution in [3.8, 4) is 17.1 Å². The van der Waals surface area contributed by atoms with Crippen molar-refractivity contribution in [2.45, 2.75) is 6.54 Å². The maximum Gasteiger partial charge on any atom is 0.164 e. The lowest BCUT2D eigenvalue weighted by molar-refractivity contribution is 0.415. The van der Waals surface area contributed by atoms with E-state index in [2.05, 4.69) is 20.3 Å². The molecule has 1 N–H and O–H groups in total. The van der Waals surface area contributed by atoms with Crippen LogP contribution in [-0.2, 0) is 6.54 Å². The number of anilines is 1. The minimum absolute atomic E-state index is 0.551. The van der Waals surface area contributed by atoms with Gasteiger partial charge in [0.2, 0.25) is 0 Å². The number of methoxy groups -OCH3 is 1. The molecule has 0 saturated carbocycles. The van der Waals surface area contributed by atoms with Crippen molar-refractivity contribution < 1.29 is 4.74 Å². The lowest BCUT2D eigenvalue weighted by Crippen LogP contribution is -2.04. The fourth-order valence-electron chi connectivity index (χ4n) is 2.66. The third-order valence-corrected chi connectivity index (χ3v) is 5.41. The van der Waals surface area contributed by atoms with Crippen LogP contribution in [0.5, 0.6) is 5.75 Å². The summed E-state index contributed by atoms with van der Waals surface area (Å²) in [7, 11) is 1.59. The molecule has 0 aliphatic carbocycles. The molecule has 27 heavy (non-hydrogen) atoms. The second-order valence-corrected chi connectivity index (χ2v) is 7.80. The van der Waals surface area contributed by atoms with Gasteiger partial charge in [-0.15, -0.1) is 11.3 Å². The molecule has 136 valence electrons. The van der Waals surface area contributed by atoms with Crippen molar-refractivity contribution in [1.29, 1.82) is 0 Å². The number of hydrogen-bond acceptors (Lipinski definition) is 6. The number of benzene rings is 1. The highest BCUT2D eigenvalue weighted by Gasteiger charge is 2.13. The average Bonchev–Trinajstić information content (AvgIpc) is 3.07. The predicted octanol–water partition coefficient (Wildman–Crippen LogP) is 5.68. The van der Waals surface area contributed by atoms with Gasteiger partial charge in [-0.05, 0) is 35.9 Å². The molecule has 0 saturated heterocycles. The second kappa shape index (κ2) is 7.68. The van der Waals surface area contributed by atoms with Gasteiger partial charge in [0, 0.05) is 24.5 Å². The molecule has 5 nitrogen and oxygen atoms in total. The Bertz CT molecular complexity index is 1100. The Balaban J connectivity index is 1.69. The Kier molecular flexibility index (Phi) is 5.11. The molecule has 1 aromatic carbocycles. The lowest BCUT2D eigenvalue weighted by atomic mass is 10.2. The first-order chi connectivity index (χ1) is 13.1. The molecular formula is C19H14Cl2N4OS. The summed E-state index contributed by atoms with van der Waals surface area (Å²) in [6.07, 6.45) is 3.46. The van der Waals surface area contributed by atoms with Crippen LogP contribution in [0, 0.1) is 0 Å². The summed E-state index contributed by atoms with van der Waals surface area (Å²) >= 11 is 13.8. The lowest BCUT2D eigenvalue weighted by Gasteiger charge is -2.10. The van der Waals surface area contributed by atoms with Crippen molar-refractivity contribution >= 4 is 50.6 Å². The molecular weight excluding hydrogens is 403 g/mol. The Labute approximate surface area is 170 Å². The van der Waals surface area contributed by atoms with Crippen LogP contribution in [0.2, 0.25) is 9.36 Å². The van der Waals surface area contributed by atoms with E-state index >= 15 is 0 Å². The highest BCUT2D eigenvalue weighted by molar-refractivity contribution is 7.22. The molecule has 0 aliphatic rings. The van der Waals surface area contributed by atoms with Crippen LogP contribution in [0.3, 0.4) is 0 Å². The first-order valence-electron chi connectivity index (χ1n) is 8.08. The molecule has 0 spiro atoms. The number of hydrogen-bond donors (Lipinski definition) is 1. The SMILES string of the molecule is COc1ccc(CNc2nc(-c3cccnc3)nc3sc(Cl)cc23)cc1Cl. The Hall–Kier alpha value is -2.41. The van der Waals surface area contributed by atoms with Gasteiger partial charge in [-0.2, -0.15) is 0 Å². The van der Waals surface area contributed by atoms with E-state index in [1.54, 1.807) is 19.5 Å². The molecule has 0 bridgehead atoms. The molecule has 0 unspecified atom stereocenters. The van der Waals surface area contributed by atoms with E-state index < -0.39 is 0 Å². The summed E-state index contributed by atoms with van der Waals surface area (Å²) in [6.45, 7) is 0.551. The molecule has 4 aromatic rings. The zero-order valence-corrected chi connectivity index (χ0v) is 16.6. The highest BCUT2D eigenvalue weighted by Crippen LogP contribution is 2.34. The largest absolute Gasteiger partial charge is 0.495 e. The van der Waals surface area contributed by atoms with E-state index in [-0.39, 0.29) is 0 Å². The number of nitrogens with one attached hydrogen (secondary N) is 1. The zero-order valence-electron chi connectivity index (χ0n) is 14.2. The number of nitrogens with zero attached hydrogens (tertiary/aromatic N) is 3. The van der Waals surface area contributed by atoms with Gasteiger partial charge in [0.1, 0.15) is 16.4 Å². The fourth-order valence-corrected chi connectivity index (χ4v) is 4.02. The maximum absolute atomic E-state index is 6.21. The van der Waals surface area contributed by atoms with E-state index in [9.17, 15) is 0 Å². The van der Waals surface area contributed by atoms with Gasteiger partial charge >= 0.3 is 0 Å². The molecule has 0 aliphatic heterocycles. The van der Waals surface area contributed by atoms with Gasteiger partial charge in [-0.25, -0.2) is 9.97 Å². The van der Waals surface area contributed by atoms with E-state index in [4.69, 9.17) is 27.9 Å². The fraction of sp³-hybridized carbons (Fsp3) is 0.105. The summed E-state index contributed by atoms with van der Waals surface area (Å²) in [5.41, 5.74) is 1.86. The summed E-state index contributed by atoms with van der Waals surface area (Å²) in [4.78, 5) is 14.3. The molecule has 0 radical (unpaired) electrons. The van der Waals surface area contributed by atoms with Crippen molar-refractivity contribution in [1.82, 2.24) is 15.0 Å². The average molecular weight is 417 g/mol. The number of rotatable bonds is 5. The predicted molar refractivity (Wildman–Crippen MR) is 111 cm³/mol. The first-order valence-corrected chi connectivity index (χ1v) is 9.65. The standard InChI is InChI=1S/C19H14Cl2N4OS/c1-26-15-5-4-11(7-14(15)20)9-23-18-13-8-16(21)27-19(13)25-17(24-18)12-3-2-6-22-10-12/h2-8,10H,9H2,1H3,(H,23,24,25). The quantitative estimate of drug-likeness (QED) is 0.453. The Morgan fingerprint density at radius 3 is 2.78 bits per heavy atom.